The first-order valence-electron chi connectivity index (χ1n) is 11.3. The van der Waals surface area contributed by atoms with Crippen LogP contribution in [-0.2, 0) is 20.3 Å². The molecule has 1 N–H and O–H groups in total. The molecular formula is C27H36ClNO3. The van der Waals surface area contributed by atoms with Crippen molar-refractivity contribution in [2.24, 2.45) is 0 Å². The van der Waals surface area contributed by atoms with Crippen LogP contribution in [0.4, 0.5) is 4.79 Å². The standard InChI is InChI=1S/C27H36ClNO3/c1-26(2,3)20-11-7-18(8-12-20)24(19-9-13-21(14-10-19)27(4,5)6)23-15-22(16-29-23)32-25(30)31-17-28/h7-14,22-24,29H,15-17H2,1-6H3/t22-,23?/m1/s1. The number of halogens is 1. The maximum absolute atomic E-state index is 11.7. The minimum absolute atomic E-state index is 0.107. The van der Waals surface area contributed by atoms with E-state index in [-0.39, 0.29) is 35.0 Å². The number of hydrogen-bond acceptors (Lipinski definition) is 4. The molecule has 4 nitrogen and oxygen atoms in total. The minimum Gasteiger partial charge on any atom is -0.430 e. The highest BCUT2D eigenvalue weighted by Crippen LogP contribution is 2.35. The number of alkyl halides is 1. The summed E-state index contributed by atoms with van der Waals surface area (Å²) in [6, 6.07) is 17.8. The molecule has 0 bridgehead atoms. The zero-order valence-electron chi connectivity index (χ0n) is 20.1. The fraction of sp³-hybridized carbons (Fsp3) is 0.519. The second-order valence-corrected chi connectivity index (χ2v) is 10.9. The van der Waals surface area contributed by atoms with Crippen LogP contribution in [0.2, 0.25) is 0 Å². The van der Waals surface area contributed by atoms with Gasteiger partial charge < -0.3 is 14.8 Å². The Kier molecular flexibility index (Phi) is 7.57. The first-order valence-corrected chi connectivity index (χ1v) is 11.9. The lowest BCUT2D eigenvalue weighted by Gasteiger charge is -2.27. The van der Waals surface area contributed by atoms with E-state index in [0.29, 0.717) is 13.0 Å². The number of rotatable bonds is 5. The molecule has 2 aromatic rings. The lowest BCUT2D eigenvalue weighted by Crippen LogP contribution is -2.30. The van der Waals surface area contributed by atoms with E-state index < -0.39 is 6.16 Å². The van der Waals surface area contributed by atoms with Crippen LogP contribution in [0.5, 0.6) is 0 Å². The van der Waals surface area contributed by atoms with Gasteiger partial charge in [-0.1, -0.05) is 102 Å². The van der Waals surface area contributed by atoms with E-state index in [2.05, 4.69) is 95.4 Å². The van der Waals surface area contributed by atoms with E-state index in [1.54, 1.807) is 0 Å². The summed E-state index contributed by atoms with van der Waals surface area (Å²) in [5, 5.41) is 3.58. The molecule has 0 aliphatic carbocycles. The molecule has 0 saturated carbocycles. The summed E-state index contributed by atoms with van der Waals surface area (Å²) in [6.45, 7) is 14.0. The van der Waals surface area contributed by atoms with Gasteiger partial charge in [-0.15, -0.1) is 0 Å². The van der Waals surface area contributed by atoms with Crippen LogP contribution in [-0.4, -0.2) is 30.9 Å². The van der Waals surface area contributed by atoms with Crippen molar-refractivity contribution < 1.29 is 14.3 Å². The topological polar surface area (TPSA) is 47.6 Å². The van der Waals surface area contributed by atoms with Gasteiger partial charge in [0.1, 0.15) is 6.10 Å². The summed E-state index contributed by atoms with van der Waals surface area (Å²) in [5.74, 6) is 0.149. The number of carbonyl (C=O) groups excluding carboxylic acids is 1. The quantitative estimate of drug-likeness (QED) is 0.411. The molecule has 1 aliphatic rings. The van der Waals surface area contributed by atoms with E-state index in [1.807, 2.05) is 0 Å². The highest BCUT2D eigenvalue weighted by molar-refractivity contribution is 6.17. The Labute approximate surface area is 197 Å². The fourth-order valence-corrected chi connectivity index (χ4v) is 4.42. The molecule has 1 fully saturated rings. The monoisotopic (exact) mass is 457 g/mol. The summed E-state index contributed by atoms with van der Waals surface area (Å²) < 4.78 is 10.2. The molecule has 1 saturated heterocycles. The zero-order chi connectivity index (χ0) is 23.5. The number of ether oxygens (including phenoxy) is 2. The van der Waals surface area contributed by atoms with E-state index in [0.717, 1.165) is 0 Å². The van der Waals surface area contributed by atoms with Gasteiger partial charge in [-0.2, -0.15) is 0 Å². The molecule has 0 spiro atoms. The molecule has 0 radical (unpaired) electrons. The third kappa shape index (κ3) is 6.05. The molecular weight excluding hydrogens is 422 g/mol. The number of carbonyl (C=O) groups is 1. The van der Waals surface area contributed by atoms with Gasteiger partial charge in [0, 0.05) is 24.9 Å². The Bertz CT molecular complexity index is 837. The van der Waals surface area contributed by atoms with Crippen molar-refractivity contribution in [2.45, 2.75) is 76.9 Å². The van der Waals surface area contributed by atoms with Crippen LogP contribution in [0, 0.1) is 0 Å². The van der Waals surface area contributed by atoms with Gasteiger partial charge in [0.15, 0.2) is 6.07 Å². The molecule has 1 heterocycles. The van der Waals surface area contributed by atoms with Crippen molar-refractivity contribution >= 4 is 17.8 Å². The van der Waals surface area contributed by atoms with Crippen molar-refractivity contribution in [1.29, 1.82) is 0 Å². The molecule has 2 aromatic carbocycles. The van der Waals surface area contributed by atoms with E-state index in [4.69, 9.17) is 21.1 Å². The van der Waals surface area contributed by atoms with Gasteiger partial charge in [-0.25, -0.2) is 4.79 Å². The van der Waals surface area contributed by atoms with Gasteiger partial charge >= 0.3 is 6.16 Å². The van der Waals surface area contributed by atoms with Gasteiger partial charge in [-0.05, 0) is 33.1 Å². The summed E-state index contributed by atoms with van der Waals surface area (Å²) in [4.78, 5) is 11.7. The third-order valence-corrected chi connectivity index (χ3v) is 6.34. The molecule has 174 valence electrons. The second kappa shape index (κ2) is 9.84. The lowest BCUT2D eigenvalue weighted by atomic mass is 9.80. The average molecular weight is 458 g/mol. The highest BCUT2D eigenvalue weighted by Gasteiger charge is 2.35. The first-order chi connectivity index (χ1) is 15.0. The first kappa shape index (κ1) is 24.6. The van der Waals surface area contributed by atoms with E-state index >= 15 is 0 Å². The Morgan fingerprint density at radius 2 is 1.41 bits per heavy atom. The van der Waals surface area contributed by atoms with Crippen LogP contribution in [0.15, 0.2) is 48.5 Å². The lowest BCUT2D eigenvalue weighted by molar-refractivity contribution is 0.0389. The zero-order valence-corrected chi connectivity index (χ0v) is 20.8. The highest BCUT2D eigenvalue weighted by atomic mass is 35.5. The Morgan fingerprint density at radius 3 is 1.81 bits per heavy atom. The van der Waals surface area contributed by atoms with Crippen molar-refractivity contribution in [3.8, 4) is 0 Å². The van der Waals surface area contributed by atoms with Gasteiger partial charge in [0.2, 0.25) is 0 Å². The van der Waals surface area contributed by atoms with E-state index in [9.17, 15) is 4.79 Å². The summed E-state index contributed by atoms with van der Waals surface area (Å²) >= 11 is 5.47. The molecule has 2 atom stereocenters. The Balaban J connectivity index is 1.89. The van der Waals surface area contributed by atoms with Crippen LogP contribution in [0.1, 0.15) is 76.1 Å². The molecule has 0 aromatic heterocycles. The van der Waals surface area contributed by atoms with Crippen molar-refractivity contribution in [2.75, 3.05) is 12.6 Å². The average Bonchev–Trinajstić information content (AvgIpc) is 3.15. The second-order valence-electron chi connectivity index (χ2n) is 10.7. The third-order valence-electron chi connectivity index (χ3n) is 6.23. The Morgan fingerprint density at radius 1 is 0.938 bits per heavy atom. The van der Waals surface area contributed by atoms with Gasteiger partial charge in [-0.3, -0.25) is 0 Å². The van der Waals surface area contributed by atoms with Crippen molar-refractivity contribution in [3.05, 3.63) is 70.8 Å². The summed E-state index contributed by atoms with van der Waals surface area (Å²) in [6.07, 6.45) is -0.238. The smallest absolute Gasteiger partial charge is 0.430 e. The van der Waals surface area contributed by atoms with Crippen LogP contribution >= 0.6 is 11.6 Å². The fourth-order valence-electron chi connectivity index (χ4n) is 4.33. The normalized spacial score (nSPS) is 19.2. The molecule has 5 heteroatoms. The number of nitrogens with one attached hydrogen (secondary N) is 1. The van der Waals surface area contributed by atoms with Gasteiger partial charge in [0.05, 0.1) is 0 Å². The molecule has 3 rings (SSSR count). The summed E-state index contributed by atoms with van der Waals surface area (Å²) in [5.41, 5.74) is 5.34. The largest absolute Gasteiger partial charge is 0.509 e. The predicted octanol–water partition coefficient (Wildman–Crippen LogP) is 6.49. The predicted molar refractivity (Wildman–Crippen MR) is 131 cm³/mol. The van der Waals surface area contributed by atoms with Crippen molar-refractivity contribution in [1.82, 2.24) is 5.32 Å². The van der Waals surface area contributed by atoms with Crippen LogP contribution < -0.4 is 5.32 Å². The molecule has 0 amide bonds. The van der Waals surface area contributed by atoms with Gasteiger partial charge in [0.25, 0.3) is 0 Å². The SMILES string of the molecule is CC(C)(C)c1ccc(C(c2ccc(C(C)(C)C)cc2)C2C[C@@H](OC(=O)OCCl)CN2)cc1. The maximum Gasteiger partial charge on any atom is 0.509 e. The molecule has 1 unspecified atom stereocenters. The van der Waals surface area contributed by atoms with Crippen molar-refractivity contribution in [3.63, 3.8) is 0 Å². The minimum atomic E-state index is -0.715. The summed E-state index contributed by atoms with van der Waals surface area (Å²) in [7, 11) is 0. The molecule has 32 heavy (non-hydrogen) atoms. The van der Waals surface area contributed by atoms with Crippen LogP contribution in [0.3, 0.4) is 0 Å². The molecule has 1 aliphatic heterocycles. The maximum atomic E-state index is 11.7. The number of hydrogen-bond donors (Lipinski definition) is 1. The van der Waals surface area contributed by atoms with E-state index in [1.165, 1.54) is 22.3 Å². The Hall–Kier alpha value is -2.04. The van der Waals surface area contributed by atoms with Crippen LogP contribution in [0.25, 0.3) is 0 Å². The number of benzene rings is 2.